The number of nitrogens with one attached hydrogen (secondary N) is 2. The summed E-state index contributed by atoms with van der Waals surface area (Å²) in [6.45, 7) is 11.8. The highest BCUT2D eigenvalue weighted by Crippen LogP contribution is 2.34. The SMILES string of the molecule is CCc1nc2c(cnn2CC)c(NC2CCOCC2)c1CN(Cc1ccc(Cl)c(-c2cccc(CN3CCNCC3)c2)c1)C(=O)CCC(N)=O. The summed E-state index contributed by atoms with van der Waals surface area (Å²) in [4.78, 5) is 35.1. The van der Waals surface area contributed by atoms with Gasteiger partial charge >= 0.3 is 0 Å². The molecule has 2 aliphatic heterocycles. The Kier molecular flexibility index (Phi) is 12.0. The number of benzene rings is 2. The number of primary amides is 1. The van der Waals surface area contributed by atoms with Crippen LogP contribution in [0.5, 0.6) is 0 Å². The van der Waals surface area contributed by atoms with Crippen molar-refractivity contribution >= 4 is 40.1 Å². The van der Waals surface area contributed by atoms with Crippen LogP contribution in [0.4, 0.5) is 5.69 Å². The van der Waals surface area contributed by atoms with E-state index < -0.39 is 5.91 Å². The third-order valence-electron chi connectivity index (χ3n) is 9.72. The van der Waals surface area contributed by atoms with Crippen molar-refractivity contribution in [2.45, 2.75) is 78.2 Å². The maximum Gasteiger partial charge on any atom is 0.223 e. The third-order valence-corrected chi connectivity index (χ3v) is 10.1. The third kappa shape index (κ3) is 8.63. The predicted molar refractivity (Wildman–Crippen MR) is 198 cm³/mol. The average molecular weight is 701 g/mol. The summed E-state index contributed by atoms with van der Waals surface area (Å²) in [5, 5.41) is 13.5. The van der Waals surface area contributed by atoms with Gasteiger partial charge < -0.3 is 26.0 Å². The number of rotatable bonds is 14. The Labute approximate surface area is 299 Å². The minimum absolute atomic E-state index is 0.0184. The number of fused-ring (bicyclic) bond motifs is 1. The van der Waals surface area contributed by atoms with Gasteiger partial charge in [0.25, 0.3) is 0 Å². The van der Waals surface area contributed by atoms with Crippen LogP contribution in [0, 0.1) is 0 Å². The fraction of sp³-hybridized carbons (Fsp3) is 0.474. The Hall–Kier alpha value is -4.03. The van der Waals surface area contributed by atoms with Crippen LogP contribution in [0.1, 0.15) is 61.9 Å². The maximum atomic E-state index is 13.9. The number of nitrogens with zero attached hydrogens (tertiary/aromatic N) is 5. The molecule has 0 bridgehead atoms. The lowest BCUT2D eigenvalue weighted by Crippen LogP contribution is -2.42. The molecule has 4 heterocycles. The molecule has 2 aliphatic rings. The van der Waals surface area contributed by atoms with Crippen molar-refractivity contribution in [2.75, 3.05) is 44.7 Å². The van der Waals surface area contributed by atoms with E-state index in [0.29, 0.717) is 44.3 Å². The lowest BCUT2D eigenvalue weighted by atomic mass is 9.99. The van der Waals surface area contributed by atoms with Gasteiger partial charge in [-0.1, -0.05) is 42.8 Å². The van der Waals surface area contributed by atoms with Crippen molar-refractivity contribution in [3.8, 4) is 11.1 Å². The number of carbonyl (C=O) groups excluding carboxylic acids is 2. The number of aryl methyl sites for hydroxylation is 2. The van der Waals surface area contributed by atoms with Crippen LogP contribution in [0.2, 0.25) is 5.02 Å². The largest absolute Gasteiger partial charge is 0.381 e. The first-order valence-electron chi connectivity index (χ1n) is 17.9. The van der Waals surface area contributed by atoms with Crippen LogP contribution in [0.3, 0.4) is 0 Å². The number of hydrogen-bond acceptors (Lipinski definition) is 8. The lowest BCUT2D eigenvalue weighted by Gasteiger charge is -2.29. The zero-order chi connectivity index (χ0) is 35.0. The molecule has 0 atom stereocenters. The highest BCUT2D eigenvalue weighted by Gasteiger charge is 2.25. The van der Waals surface area contributed by atoms with E-state index >= 15 is 0 Å². The minimum Gasteiger partial charge on any atom is -0.381 e. The number of anilines is 1. The molecule has 4 N–H and O–H groups in total. The molecule has 50 heavy (non-hydrogen) atoms. The topological polar surface area (TPSA) is 131 Å². The lowest BCUT2D eigenvalue weighted by molar-refractivity contribution is -0.134. The molecule has 266 valence electrons. The molecular formula is C38H49ClN8O3. The molecule has 2 fully saturated rings. The van der Waals surface area contributed by atoms with Crippen molar-refractivity contribution in [3.63, 3.8) is 0 Å². The van der Waals surface area contributed by atoms with Crippen LogP contribution in [-0.2, 0) is 46.9 Å². The minimum atomic E-state index is -0.501. The van der Waals surface area contributed by atoms with E-state index in [2.05, 4.69) is 64.8 Å². The Balaban J connectivity index is 1.34. The smallest absolute Gasteiger partial charge is 0.223 e. The van der Waals surface area contributed by atoms with Gasteiger partial charge in [0.05, 0.1) is 17.3 Å². The number of piperazine rings is 1. The molecule has 0 saturated carbocycles. The monoisotopic (exact) mass is 700 g/mol. The number of ether oxygens (including phenoxy) is 1. The first kappa shape index (κ1) is 35.8. The Morgan fingerprint density at radius 3 is 2.60 bits per heavy atom. The molecule has 0 aliphatic carbocycles. The number of nitrogens with two attached hydrogens (primary N) is 1. The van der Waals surface area contributed by atoms with E-state index in [4.69, 9.17) is 27.1 Å². The van der Waals surface area contributed by atoms with Gasteiger partial charge in [-0.25, -0.2) is 9.67 Å². The van der Waals surface area contributed by atoms with E-state index in [0.717, 1.165) is 90.2 Å². The quantitative estimate of drug-likeness (QED) is 0.165. The normalized spacial score (nSPS) is 15.7. The summed E-state index contributed by atoms with van der Waals surface area (Å²) in [7, 11) is 0. The van der Waals surface area contributed by atoms with Gasteiger partial charge in [-0.3, -0.25) is 14.5 Å². The summed E-state index contributed by atoms with van der Waals surface area (Å²) in [6.07, 6.45) is 4.33. The standard InChI is InChI=1S/C38H49ClN8O3/c1-3-34-32(37(43-29-12-18-50-19-13-29)31-22-42-47(4-2)38(31)44-34)25-46(36(49)11-10-35(40)48)24-27-8-9-33(39)30(21-27)28-7-5-6-26(20-28)23-45-16-14-41-15-17-45/h5-9,20-22,29,41H,3-4,10-19,23-25H2,1-2H3,(H2,40,48)(H,43,44). The number of halogens is 1. The second-order valence-corrected chi connectivity index (χ2v) is 13.7. The molecule has 12 heteroatoms. The van der Waals surface area contributed by atoms with Crippen LogP contribution in [-0.4, -0.2) is 81.8 Å². The van der Waals surface area contributed by atoms with Crippen molar-refractivity contribution in [1.82, 2.24) is 29.9 Å². The maximum absolute atomic E-state index is 13.9. The first-order valence-corrected chi connectivity index (χ1v) is 18.3. The van der Waals surface area contributed by atoms with Gasteiger partial charge in [-0.15, -0.1) is 0 Å². The van der Waals surface area contributed by atoms with Gasteiger partial charge in [-0.2, -0.15) is 5.10 Å². The molecule has 0 radical (unpaired) electrons. The molecule has 11 nitrogen and oxygen atoms in total. The van der Waals surface area contributed by atoms with Crippen LogP contribution < -0.4 is 16.4 Å². The fourth-order valence-corrected chi connectivity index (χ4v) is 7.20. The highest BCUT2D eigenvalue weighted by molar-refractivity contribution is 6.33. The summed E-state index contributed by atoms with van der Waals surface area (Å²) in [6, 6.07) is 14.7. The molecule has 6 rings (SSSR count). The molecule has 2 aromatic heterocycles. The van der Waals surface area contributed by atoms with Crippen molar-refractivity contribution in [3.05, 3.63) is 76.1 Å². The Morgan fingerprint density at radius 1 is 1.06 bits per heavy atom. The molecule has 2 saturated heterocycles. The molecule has 2 aromatic carbocycles. The summed E-state index contributed by atoms with van der Waals surface area (Å²) in [5.74, 6) is -0.652. The van der Waals surface area contributed by atoms with Gasteiger partial charge in [0, 0.05) is 106 Å². The second-order valence-electron chi connectivity index (χ2n) is 13.3. The average Bonchev–Trinajstić information content (AvgIpc) is 3.55. The molecule has 0 unspecified atom stereocenters. The zero-order valence-electron chi connectivity index (χ0n) is 29.2. The van der Waals surface area contributed by atoms with Crippen molar-refractivity contribution in [1.29, 1.82) is 0 Å². The van der Waals surface area contributed by atoms with Gasteiger partial charge in [-0.05, 0) is 61.1 Å². The number of aromatic nitrogens is 3. The molecule has 2 amide bonds. The molecular weight excluding hydrogens is 652 g/mol. The summed E-state index contributed by atoms with van der Waals surface area (Å²) in [5.41, 5.74) is 13.3. The number of amides is 2. The second kappa shape index (κ2) is 16.8. The van der Waals surface area contributed by atoms with Gasteiger partial charge in [0.2, 0.25) is 11.8 Å². The summed E-state index contributed by atoms with van der Waals surface area (Å²) < 4.78 is 7.56. The summed E-state index contributed by atoms with van der Waals surface area (Å²) >= 11 is 6.83. The van der Waals surface area contributed by atoms with E-state index in [1.54, 1.807) is 0 Å². The highest BCUT2D eigenvalue weighted by atomic mass is 35.5. The van der Waals surface area contributed by atoms with Crippen LogP contribution in [0.15, 0.2) is 48.7 Å². The van der Waals surface area contributed by atoms with Gasteiger partial charge in [0.1, 0.15) is 0 Å². The van der Waals surface area contributed by atoms with Gasteiger partial charge in [0.15, 0.2) is 5.65 Å². The van der Waals surface area contributed by atoms with Crippen molar-refractivity contribution in [2.24, 2.45) is 5.73 Å². The van der Waals surface area contributed by atoms with E-state index in [9.17, 15) is 9.59 Å². The number of carbonyl (C=O) groups is 2. The Bertz CT molecular complexity index is 1800. The fourth-order valence-electron chi connectivity index (χ4n) is 6.97. The predicted octanol–water partition coefficient (Wildman–Crippen LogP) is 5.12. The molecule has 0 spiro atoms. The van der Waals surface area contributed by atoms with Crippen molar-refractivity contribution < 1.29 is 14.3 Å². The first-order chi connectivity index (χ1) is 24.3. The van der Waals surface area contributed by atoms with E-state index in [1.807, 2.05) is 27.9 Å². The van der Waals surface area contributed by atoms with Crippen LogP contribution >= 0.6 is 11.6 Å². The Morgan fingerprint density at radius 2 is 1.86 bits per heavy atom. The number of pyridine rings is 1. The van der Waals surface area contributed by atoms with E-state index in [-0.39, 0.29) is 24.8 Å². The molecule has 4 aromatic rings. The van der Waals surface area contributed by atoms with E-state index in [1.165, 1.54) is 5.56 Å². The zero-order valence-corrected chi connectivity index (χ0v) is 30.0. The van der Waals surface area contributed by atoms with Crippen LogP contribution in [0.25, 0.3) is 22.2 Å². The number of hydrogen-bond donors (Lipinski definition) is 3.